The number of hydrogen-bond donors (Lipinski definition) is 6. The number of amides is 1. The minimum atomic E-state index is -4.84. The van der Waals surface area contributed by atoms with E-state index in [2.05, 4.69) is 44.7 Å². The molecule has 30 heteroatoms. The van der Waals surface area contributed by atoms with Gasteiger partial charge in [0.1, 0.15) is 28.2 Å². The number of carboxylic acid groups (broad SMARTS) is 1. The van der Waals surface area contributed by atoms with Gasteiger partial charge in [-0.3, -0.25) is 4.79 Å². The van der Waals surface area contributed by atoms with Crippen LogP contribution in [0.25, 0.3) is 64.0 Å². The number of anilines is 3. The average molecular weight is 1280 g/mol. The SMILES string of the molecule is COC(=O)c1cc(-c2ccc3nc(N)sc3c2)cnc1OC.COc1ncc(-c2ccc3nc(N)sc3c2)cc1C(=O)NCc1ccccc1OC(F)(F)F.COc1ncc(-c2ccc3nc(N)sc3c2)cc1C(=O)O.NCc1ccccc1OC(F)(F)F. The van der Waals surface area contributed by atoms with Crippen LogP contribution < -0.4 is 51.9 Å². The summed E-state index contributed by atoms with van der Waals surface area (Å²) in [5.74, 6) is -2.35. The highest BCUT2D eigenvalue weighted by molar-refractivity contribution is 7.22. The van der Waals surface area contributed by atoms with Crippen LogP contribution in [0, 0.1) is 0 Å². The number of carbonyl (C=O) groups is 3. The number of hydrogen-bond acceptors (Lipinski definition) is 22. The van der Waals surface area contributed by atoms with E-state index in [1.54, 1.807) is 48.9 Å². The van der Waals surface area contributed by atoms with Gasteiger partial charge in [0.25, 0.3) is 5.91 Å². The maximum absolute atomic E-state index is 12.9. The zero-order valence-corrected chi connectivity index (χ0v) is 49.2. The quantitative estimate of drug-likeness (QED) is 0.0435. The van der Waals surface area contributed by atoms with E-state index < -0.39 is 30.6 Å². The zero-order valence-electron chi connectivity index (χ0n) is 46.8. The summed E-state index contributed by atoms with van der Waals surface area (Å²) in [7, 11) is 5.54. The van der Waals surface area contributed by atoms with E-state index in [9.17, 15) is 45.8 Å². The summed E-state index contributed by atoms with van der Waals surface area (Å²) >= 11 is 4.14. The number of carboxylic acids is 1. The molecule has 0 saturated carbocycles. The molecular formula is C59H49F6N11O10S3. The Kier molecular flexibility index (Phi) is 20.6. The number of aromatic nitrogens is 6. The second-order valence-electron chi connectivity index (χ2n) is 18.0. The van der Waals surface area contributed by atoms with Crippen LogP contribution in [-0.4, -0.2) is 94.0 Å². The number of thiazole rings is 3. The number of esters is 1. The molecule has 0 bridgehead atoms. The molecule has 89 heavy (non-hydrogen) atoms. The molecule has 6 heterocycles. The van der Waals surface area contributed by atoms with Gasteiger partial charge in [-0.2, -0.15) is 0 Å². The van der Waals surface area contributed by atoms with Gasteiger partial charge in [0, 0.05) is 59.5 Å². The lowest BCUT2D eigenvalue weighted by Gasteiger charge is -2.14. The number of rotatable bonds is 14. The van der Waals surface area contributed by atoms with Gasteiger partial charge in [-0.1, -0.05) is 88.6 Å². The lowest BCUT2D eigenvalue weighted by molar-refractivity contribution is -0.275. The highest BCUT2D eigenvalue weighted by Crippen LogP contribution is 2.35. The van der Waals surface area contributed by atoms with E-state index in [1.807, 2.05) is 54.6 Å². The summed E-state index contributed by atoms with van der Waals surface area (Å²) in [5, 5.41) is 13.3. The summed E-state index contributed by atoms with van der Waals surface area (Å²) in [6.45, 7) is -0.170. The number of methoxy groups -OCH3 is 4. The number of halogens is 6. The lowest BCUT2D eigenvalue weighted by atomic mass is 10.1. The number of ether oxygens (including phenoxy) is 6. The molecule has 0 atom stereocenters. The van der Waals surface area contributed by atoms with Gasteiger partial charge in [-0.25, -0.2) is 39.5 Å². The molecule has 11 rings (SSSR count). The first-order valence-electron chi connectivity index (χ1n) is 25.5. The molecule has 1 amide bonds. The van der Waals surface area contributed by atoms with E-state index in [0.717, 1.165) is 52.9 Å². The van der Waals surface area contributed by atoms with Crippen molar-refractivity contribution in [2.45, 2.75) is 25.8 Å². The molecule has 460 valence electrons. The van der Waals surface area contributed by atoms with Crippen molar-refractivity contribution in [3.05, 3.63) is 168 Å². The molecule has 0 spiro atoms. The number of pyridine rings is 3. The summed E-state index contributed by atoms with van der Waals surface area (Å²) < 4.78 is 104. The van der Waals surface area contributed by atoms with Crippen LogP contribution in [0.1, 0.15) is 42.2 Å². The van der Waals surface area contributed by atoms with Gasteiger partial charge in [0.15, 0.2) is 15.4 Å². The van der Waals surface area contributed by atoms with Crippen molar-refractivity contribution in [3.63, 3.8) is 0 Å². The molecule has 0 aliphatic rings. The number of alkyl halides is 6. The Morgan fingerprint density at radius 1 is 0.506 bits per heavy atom. The van der Waals surface area contributed by atoms with Gasteiger partial charge in [-0.05, 0) is 83.4 Å². The number of nitrogens with zero attached hydrogens (tertiary/aromatic N) is 6. The third-order valence-electron chi connectivity index (χ3n) is 12.3. The van der Waals surface area contributed by atoms with E-state index in [4.69, 9.17) is 41.9 Å². The number of para-hydroxylation sites is 2. The Labute approximate surface area is 512 Å². The number of aromatic carboxylic acids is 1. The fraction of sp³-hybridized carbons (Fsp3) is 0.136. The van der Waals surface area contributed by atoms with Crippen LogP contribution >= 0.6 is 34.0 Å². The average Bonchev–Trinajstić information content (AvgIpc) is 2.67. The van der Waals surface area contributed by atoms with Gasteiger partial charge < -0.3 is 61.8 Å². The Hall–Kier alpha value is -10.4. The van der Waals surface area contributed by atoms with Crippen molar-refractivity contribution >= 4 is 97.9 Å². The lowest BCUT2D eigenvalue weighted by Crippen LogP contribution is -2.25. The van der Waals surface area contributed by atoms with Crippen molar-refractivity contribution in [3.8, 4) is 62.5 Å². The van der Waals surface area contributed by atoms with Gasteiger partial charge >= 0.3 is 24.7 Å². The van der Waals surface area contributed by atoms with Gasteiger partial charge in [0.2, 0.25) is 17.6 Å². The Morgan fingerprint density at radius 3 is 1.27 bits per heavy atom. The topological polar surface area (TPSA) is 320 Å². The molecule has 0 aliphatic heterocycles. The largest absolute Gasteiger partial charge is 0.573 e. The molecule has 0 radical (unpaired) electrons. The maximum Gasteiger partial charge on any atom is 0.573 e. The zero-order chi connectivity index (χ0) is 64.2. The standard InChI is InChI=1S/C22H17F3N4O3S.C15H13N3O3S.C14H11N3O3S.C8H8F3NO/c1-31-20-15(19(30)27-10-13-4-2-3-5-17(13)32-22(23,24)25)8-14(11-28-20)12-6-7-16-18(9-12)33-21(26)29-16;1-20-13-10(14(19)21-2)5-9(7-17-13)8-3-4-11-12(6-8)22-15(16)18-11;1-20-12-9(13(18)19)4-8(6-16-12)7-2-3-10-11(5-7)21-14(15)17-10;9-8(10,11)13-7-4-2-1-3-6(7)5-12/h2-9,11H,10H2,1H3,(H2,26,29)(H,27,30);3-7H,1-2H3,(H2,16,18);2-6H,1H3,(H2,15,17)(H,18,19);1-4H,5,12H2. The van der Waals surface area contributed by atoms with Crippen LogP contribution in [0.4, 0.5) is 41.7 Å². The smallest absolute Gasteiger partial charge is 0.480 e. The van der Waals surface area contributed by atoms with Crippen molar-refractivity contribution in [2.75, 3.05) is 45.6 Å². The number of nitrogen functional groups attached to an aromatic ring is 3. The molecular weight excluding hydrogens is 1230 g/mol. The normalized spacial score (nSPS) is 11.0. The second kappa shape index (κ2) is 28.4. The maximum atomic E-state index is 12.9. The third-order valence-corrected chi connectivity index (χ3v) is 14.8. The highest BCUT2D eigenvalue weighted by Gasteiger charge is 2.33. The van der Waals surface area contributed by atoms with Crippen molar-refractivity contribution < 1.29 is 74.3 Å². The number of benzene rings is 5. The van der Waals surface area contributed by atoms with E-state index in [0.29, 0.717) is 32.1 Å². The predicted octanol–water partition coefficient (Wildman–Crippen LogP) is 12.2. The van der Waals surface area contributed by atoms with Crippen LogP contribution in [-0.2, 0) is 17.8 Å². The summed E-state index contributed by atoms with van der Waals surface area (Å²) in [4.78, 5) is 61.0. The van der Waals surface area contributed by atoms with Crippen molar-refractivity contribution in [2.24, 2.45) is 5.73 Å². The number of nitrogens with two attached hydrogens (primary N) is 4. The molecule has 6 aromatic heterocycles. The molecule has 11 aromatic rings. The first-order chi connectivity index (χ1) is 42.5. The van der Waals surface area contributed by atoms with Crippen molar-refractivity contribution in [1.82, 2.24) is 35.2 Å². The molecule has 0 fully saturated rings. The summed E-state index contributed by atoms with van der Waals surface area (Å²) in [6.07, 6.45) is -4.71. The first-order valence-corrected chi connectivity index (χ1v) is 28.0. The Bertz CT molecular complexity index is 4360. The molecule has 0 unspecified atom stereocenters. The van der Waals surface area contributed by atoms with E-state index in [1.165, 1.54) is 98.8 Å². The third kappa shape index (κ3) is 16.8. The summed E-state index contributed by atoms with van der Waals surface area (Å²) in [6, 6.07) is 33.1. The summed E-state index contributed by atoms with van der Waals surface area (Å²) in [5.41, 5.74) is 30.4. The fourth-order valence-electron chi connectivity index (χ4n) is 8.30. The Morgan fingerprint density at radius 2 is 0.876 bits per heavy atom. The number of nitrogens with one attached hydrogen (secondary N) is 1. The monoisotopic (exact) mass is 1280 g/mol. The van der Waals surface area contributed by atoms with Gasteiger partial charge in [0.05, 0.1) is 59.1 Å². The first kappa shape index (κ1) is 64.6. The molecule has 0 saturated heterocycles. The van der Waals surface area contributed by atoms with Gasteiger partial charge in [-0.15, -0.1) is 26.3 Å². The fourth-order valence-corrected chi connectivity index (χ4v) is 10.6. The molecule has 5 aromatic carbocycles. The van der Waals surface area contributed by atoms with Crippen LogP contribution in [0.15, 0.2) is 140 Å². The second-order valence-corrected chi connectivity index (χ2v) is 21.2. The van der Waals surface area contributed by atoms with Crippen LogP contribution in [0.2, 0.25) is 0 Å². The number of carbonyl (C=O) groups excluding carboxylic acids is 2. The van der Waals surface area contributed by atoms with E-state index >= 15 is 0 Å². The number of fused-ring (bicyclic) bond motifs is 3. The van der Waals surface area contributed by atoms with Crippen LogP contribution in [0.3, 0.4) is 0 Å². The minimum Gasteiger partial charge on any atom is -0.480 e. The minimum absolute atomic E-state index is 0.0201. The van der Waals surface area contributed by atoms with Crippen LogP contribution in [0.5, 0.6) is 29.1 Å². The highest BCUT2D eigenvalue weighted by atomic mass is 32.1. The predicted molar refractivity (Wildman–Crippen MR) is 325 cm³/mol. The Balaban J connectivity index is 0.000000161. The van der Waals surface area contributed by atoms with E-state index in [-0.39, 0.29) is 64.5 Å². The molecule has 21 nitrogen and oxygen atoms in total. The van der Waals surface area contributed by atoms with Crippen molar-refractivity contribution in [1.29, 1.82) is 0 Å². The molecule has 10 N–H and O–H groups in total. The molecule has 0 aliphatic carbocycles.